The molecule has 0 amide bonds. The number of carbonyl (C=O) groups excluding carboxylic acids is 1. The van der Waals surface area contributed by atoms with E-state index >= 15 is 0 Å². The highest BCUT2D eigenvalue weighted by Gasteiger charge is 2.17. The van der Waals surface area contributed by atoms with Crippen LogP contribution in [0.15, 0.2) is 61.1 Å². The maximum atomic E-state index is 13.8. The first kappa shape index (κ1) is 21.9. The molecule has 0 unspecified atom stereocenters. The number of carbonyl (C=O) groups is 1. The number of benzene rings is 1. The highest BCUT2D eigenvalue weighted by molar-refractivity contribution is 5.98. The van der Waals surface area contributed by atoms with Crippen molar-refractivity contribution in [2.75, 3.05) is 43.9 Å². The van der Waals surface area contributed by atoms with E-state index in [-0.39, 0.29) is 12.2 Å². The van der Waals surface area contributed by atoms with Gasteiger partial charge in [0.15, 0.2) is 5.78 Å². The van der Waals surface area contributed by atoms with Gasteiger partial charge in [0, 0.05) is 72.7 Å². The van der Waals surface area contributed by atoms with Gasteiger partial charge in [-0.25, -0.2) is 9.37 Å². The van der Waals surface area contributed by atoms with Crippen LogP contribution in [0.4, 0.5) is 15.9 Å². The molecule has 1 saturated heterocycles. The number of ketones is 1. The van der Waals surface area contributed by atoms with Gasteiger partial charge in [0.1, 0.15) is 11.6 Å². The highest BCUT2D eigenvalue weighted by Crippen LogP contribution is 2.25. The molecule has 1 aliphatic rings. The van der Waals surface area contributed by atoms with Gasteiger partial charge in [-0.15, -0.1) is 0 Å². The fraction of sp³-hybridized carbons (Fsp3) is 0.231. The third-order valence-electron chi connectivity index (χ3n) is 6.11. The van der Waals surface area contributed by atoms with Crippen molar-refractivity contribution in [1.82, 2.24) is 19.9 Å². The summed E-state index contributed by atoms with van der Waals surface area (Å²) in [5.74, 6) is 0.401. The van der Waals surface area contributed by atoms with Gasteiger partial charge in [0.2, 0.25) is 0 Å². The van der Waals surface area contributed by atoms with Crippen molar-refractivity contribution in [1.29, 1.82) is 0 Å². The summed E-state index contributed by atoms with van der Waals surface area (Å²) >= 11 is 0. The molecule has 8 heteroatoms. The fourth-order valence-corrected chi connectivity index (χ4v) is 4.17. The minimum Gasteiger partial charge on any atom is -0.399 e. The van der Waals surface area contributed by atoms with Crippen LogP contribution in [0.1, 0.15) is 16.1 Å². The van der Waals surface area contributed by atoms with Gasteiger partial charge in [-0.2, -0.15) is 0 Å². The summed E-state index contributed by atoms with van der Waals surface area (Å²) in [6, 6.07) is 11.7. The number of hydrogen-bond acceptors (Lipinski definition) is 7. The van der Waals surface area contributed by atoms with E-state index in [2.05, 4.69) is 31.8 Å². The summed E-state index contributed by atoms with van der Waals surface area (Å²) in [7, 11) is 2.11. The molecule has 0 aliphatic carbocycles. The van der Waals surface area contributed by atoms with E-state index in [4.69, 9.17) is 5.73 Å². The smallest absolute Gasteiger partial charge is 0.169 e. The average molecular weight is 457 g/mol. The number of pyridine rings is 3. The predicted octanol–water partition coefficient (Wildman–Crippen LogP) is 3.59. The van der Waals surface area contributed by atoms with Gasteiger partial charge in [-0.05, 0) is 54.9 Å². The van der Waals surface area contributed by atoms with Crippen LogP contribution in [0.3, 0.4) is 0 Å². The molecule has 0 radical (unpaired) electrons. The van der Waals surface area contributed by atoms with E-state index in [1.165, 1.54) is 12.1 Å². The van der Waals surface area contributed by atoms with Crippen molar-refractivity contribution >= 4 is 28.1 Å². The molecular formula is C26H25FN6O. The number of fused-ring (bicyclic) bond motifs is 1. The molecular weight excluding hydrogens is 431 g/mol. The highest BCUT2D eigenvalue weighted by atomic mass is 19.1. The second-order valence-corrected chi connectivity index (χ2v) is 8.66. The van der Waals surface area contributed by atoms with Crippen LogP contribution in [-0.2, 0) is 6.42 Å². The van der Waals surface area contributed by atoms with Crippen molar-refractivity contribution < 1.29 is 9.18 Å². The van der Waals surface area contributed by atoms with Crippen LogP contribution in [0.5, 0.6) is 0 Å². The summed E-state index contributed by atoms with van der Waals surface area (Å²) in [6.07, 6.45) is 5.26. The Kier molecular flexibility index (Phi) is 5.90. The van der Waals surface area contributed by atoms with Gasteiger partial charge in [0.05, 0.1) is 12.1 Å². The SMILES string of the molecule is CN1CCN(c2cc(C(=O)Cc3cc4cc(-c5cc(N)cc(F)c5)ncc4cn3)ccn2)CC1. The fourth-order valence-electron chi connectivity index (χ4n) is 4.17. The number of anilines is 2. The van der Waals surface area contributed by atoms with Gasteiger partial charge < -0.3 is 15.5 Å². The number of piperazine rings is 1. The Labute approximate surface area is 197 Å². The van der Waals surface area contributed by atoms with Crippen molar-refractivity contribution in [3.63, 3.8) is 0 Å². The molecule has 0 saturated carbocycles. The lowest BCUT2D eigenvalue weighted by atomic mass is 10.0. The lowest BCUT2D eigenvalue weighted by molar-refractivity contribution is 0.0992. The second-order valence-electron chi connectivity index (χ2n) is 8.66. The molecule has 7 nitrogen and oxygen atoms in total. The average Bonchev–Trinajstić information content (AvgIpc) is 2.83. The predicted molar refractivity (Wildman–Crippen MR) is 131 cm³/mol. The van der Waals surface area contributed by atoms with Gasteiger partial charge >= 0.3 is 0 Å². The number of nitrogens with zero attached hydrogens (tertiary/aromatic N) is 5. The van der Waals surface area contributed by atoms with Crippen LogP contribution < -0.4 is 10.6 Å². The van der Waals surface area contributed by atoms with Crippen molar-refractivity contribution in [3.05, 3.63) is 78.1 Å². The minimum absolute atomic E-state index is 0.0168. The van der Waals surface area contributed by atoms with Crippen molar-refractivity contribution in [3.8, 4) is 11.3 Å². The van der Waals surface area contributed by atoms with E-state index in [1.807, 2.05) is 18.2 Å². The molecule has 3 aromatic heterocycles. The molecule has 1 aliphatic heterocycles. The van der Waals surface area contributed by atoms with Crippen LogP contribution in [0, 0.1) is 5.82 Å². The first-order valence-electron chi connectivity index (χ1n) is 11.2. The first-order chi connectivity index (χ1) is 16.4. The zero-order chi connectivity index (χ0) is 23.7. The van der Waals surface area contributed by atoms with Crippen LogP contribution >= 0.6 is 0 Å². The van der Waals surface area contributed by atoms with E-state index in [1.54, 1.807) is 30.7 Å². The largest absolute Gasteiger partial charge is 0.399 e. The van der Waals surface area contributed by atoms with E-state index in [9.17, 15) is 9.18 Å². The summed E-state index contributed by atoms with van der Waals surface area (Å²) in [5.41, 5.74) is 8.61. The lowest BCUT2D eigenvalue weighted by Crippen LogP contribution is -2.44. The van der Waals surface area contributed by atoms with Crippen LogP contribution in [0.2, 0.25) is 0 Å². The maximum absolute atomic E-state index is 13.8. The molecule has 4 aromatic rings. The van der Waals surface area contributed by atoms with Crippen LogP contribution in [0.25, 0.3) is 22.0 Å². The number of hydrogen-bond donors (Lipinski definition) is 1. The van der Waals surface area contributed by atoms with Gasteiger partial charge in [-0.3, -0.25) is 14.8 Å². The van der Waals surface area contributed by atoms with E-state index in [0.717, 1.165) is 42.8 Å². The second kappa shape index (κ2) is 9.15. The molecule has 34 heavy (non-hydrogen) atoms. The van der Waals surface area contributed by atoms with Crippen molar-refractivity contribution in [2.45, 2.75) is 6.42 Å². The lowest BCUT2D eigenvalue weighted by Gasteiger charge is -2.33. The minimum atomic E-state index is -0.411. The molecule has 5 rings (SSSR count). The Hall–Kier alpha value is -3.91. The first-order valence-corrected chi connectivity index (χ1v) is 11.2. The Bertz CT molecular complexity index is 1350. The molecule has 0 spiro atoms. The van der Waals surface area contributed by atoms with Crippen molar-refractivity contribution in [2.24, 2.45) is 0 Å². The number of likely N-dealkylation sites (N-methyl/N-ethyl adjacent to an activating group) is 1. The number of halogens is 1. The monoisotopic (exact) mass is 456 g/mol. The summed E-state index contributed by atoms with van der Waals surface area (Å²) in [6.45, 7) is 3.72. The Balaban J connectivity index is 1.37. The summed E-state index contributed by atoms with van der Waals surface area (Å²) in [5, 5.41) is 1.71. The Morgan fingerprint density at radius 3 is 2.56 bits per heavy atom. The zero-order valence-corrected chi connectivity index (χ0v) is 18.9. The molecule has 1 fully saturated rings. The number of nitrogen functional groups attached to an aromatic ring is 1. The number of nitrogens with two attached hydrogens (primary N) is 1. The molecule has 172 valence electrons. The quantitative estimate of drug-likeness (QED) is 0.363. The summed E-state index contributed by atoms with van der Waals surface area (Å²) in [4.78, 5) is 30.9. The van der Waals surface area contributed by atoms with E-state index in [0.29, 0.717) is 28.2 Å². The number of Topliss-reactive ketones (excluding diaryl/α,β-unsaturated/α-hetero) is 1. The molecule has 0 bridgehead atoms. The third kappa shape index (κ3) is 4.72. The third-order valence-corrected chi connectivity index (χ3v) is 6.11. The zero-order valence-electron chi connectivity index (χ0n) is 18.9. The van der Waals surface area contributed by atoms with E-state index < -0.39 is 5.82 Å². The maximum Gasteiger partial charge on any atom is 0.169 e. The normalized spacial score (nSPS) is 14.5. The molecule has 1 aromatic carbocycles. The molecule has 4 heterocycles. The van der Waals surface area contributed by atoms with Gasteiger partial charge in [-0.1, -0.05) is 0 Å². The standard InChI is InChI=1S/C26H25FN6O/c1-32-4-6-33(7-5-32)26-12-17(2-3-29-26)25(34)14-23-10-18-11-24(31-16-20(18)15-30-23)19-8-21(27)13-22(28)9-19/h2-3,8-13,15-16H,4-7,14,28H2,1H3. The molecule has 2 N–H and O–H groups in total. The molecule has 0 atom stereocenters. The summed E-state index contributed by atoms with van der Waals surface area (Å²) < 4.78 is 13.8. The Morgan fingerprint density at radius 2 is 1.76 bits per heavy atom. The Morgan fingerprint density at radius 1 is 0.971 bits per heavy atom. The topological polar surface area (TPSA) is 88.2 Å². The van der Waals surface area contributed by atoms with Crippen LogP contribution in [-0.4, -0.2) is 58.9 Å². The van der Waals surface area contributed by atoms with Gasteiger partial charge in [0.25, 0.3) is 0 Å². The number of aromatic nitrogens is 3. The number of rotatable bonds is 5.